The summed E-state index contributed by atoms with van der Waals surface area (Å²) >= 11 is 0. The maximum atomic E-state index is 5.59. The number of hydrogen-bond donors (Lipinski definition) is 1. The van der Waals surface area contributed by atoms with Crippen LogP contribution in [0.25, 0.3) is 0 Å². The van der Waals surface area contributed by atoms with Crippen LogP contribution < -0.4 is 15.0 Å². The molecule has 1 N–H and O–H groups in total. The standard InChI is InChI=1S/C14H20N2O/c1-2-3-12-17-14-6-4-13(5-7-14)16-10-8-15-9-11-16/h2,4-7,15H,1,3,8-12H2. The Balaban J connectivity index is 1.90. The highest BCUT2D eigenvalue weighted by molar-refractivity contribution is 5.49. The lowest BCUT2D eigenvalue weighted by atomic mass is 10.2. The van der Waals surface area contributed by atoms with Crippen LogP contribution in [0.1, 0.15) is 6.42 Å². The monoisotopic (exact) mass is 232 g/mol. The summed E-state index contributed by atoms with van der Waals surface area (Å²) in [6.45, 7) is 8.67. The third-order valence-corrected chi connectivity index (χ3v) is 2.91. The molecule has 0 unspecified atom stereocenters. The summed E-state index contributed by atoms with van der Waals surface area (Å²) in [6.07, 6.45) is 2.76. The van der Waals surface area contributed by atoms with E-state index in [0.29, 0.717) is 6.61 Å². The van der Waals surface area contributed by atoms with Crippen LogP contribution in [0.5, 0.6) is 5.75 Å². The molecule has 0 aromatic heterocycles. The Labute approximate surface area is 103 Å². The van der Waals surface area contributed by atoms with Gasteiger partial charge in [-0.3, -0.25) is 0 Å². The number of nitrogens with zero attached hydrogens (tertiary/aromatic N) is 1. The van der Waals surface area contributed by atoms with Gasteiger partial charge in [0.05, 0.1) is 6.61 Å². The molecule has 1 fully saturated rings. The first-order valence-electron chi connectivity index (χ1n) is 6.19. The Morgan fingerprint density at radius 3 is 2.59 bits per heavy atom. The maximum Gasteiger partial charge on any atom is 0.119 e. The van der Waals surface area contributed by atoms with Gasteiger partial charge in [0.25, 0.3) is 0 Å². The summed E-state index contributed by atoms with van der Waals surface area (Å²) in [4.78, 5) is 2.39. The molecule has 0 saturated carbocycles. The van der Waals surface area contributed by atoms with Gasteiger partial charge in [-0.25, -0.2) is 0 Å². The van der Waals surface area contributed by atoms with Crippen molar-refractivity contribution >= 4 is 5.69 Å². The van der Waals surface area contributed by atoms with Gasteiger partial charge in [-0.1, -0.05) is 6.08 Å². The van der Waals surface area contributed by atoms with E-state index in [4.69, 9.17) is 4.74 Å². The van der Waals surface area contributed by atoms with Crippen molar-refractivity contribution in [2.24, 2.45) is 0 Å². The zero-order valence-electron chi connectivity index (χ0n) is 10.2. The van der Waals surface area contributed by atoms with Crippen LogP contribution in [0.2, 0.25) is 0 Å². The third kappa shape index (κ3) is 3.49. The first kappa shape index (κ1) is 12.0. The predicted octanol–water partition coefficient (Wildman–Crippen LogP) is 2.05. The SMILES string of the molecule is C=CCCOc1ccc(N2CCNCC2)cc1. The van der Waals surface area contributed by atoms with Crippen molar-refractivity contribution in [2.45, 2.75) is 6.42 Å². The highest BCUT2D eigenvalue weighted by atomic mass is 16.5. The Kier molecular flexibility index (Phi) is 4.45. The molecule has 1 aromatic carbocycles. The second-order valence-electron chi connectivity index (χ2n) is 4.16. The van der Waals surface area contributed by atoms with Crippen molar-refractivity contribution in [3.05, 3.63) is 36.9 Å². The van der Waals surface area contributed by atoms with E-state index < -0.39 is 0 Å². The minimum atomic E-state index is 0.705. The van der Waals surface area contributed by atoms with Gasteiger partial charge in [-0.2, -0.15) is 0 Å². The van der Waals surface area contributed by atoms with Crippen LogP contribution in [0, 0.1) is 0 Å². The summed E-state index contributed by atoms with van der Waals surface area (Å²) in [5.41, 5.74) is 1.28. The highest BCUT2D eigenvalue weighted by Gasteiger charge is 2.09. The Bertz CT molecular complexity index is 342. The Hall–Kier alpha value is -1.48. The van der Waals surface area contributed by atoms with Crippen molar-refractivity contribution in [2.75, 3.05) is 37.7 Å². The summed E-state index contributed by atoms with van der Waals surface area (Å²) < 4.78 is 5.59. The van der Waals surface area contributed by atoms with E-state index in [-0.39, 0.29) is 0 Å². The molecule has 0 amide bonds. The van der Waals surface area contributed by atoms with E-state index in [9.17, 15) is 0 Å². The summed E-state index contributed by atoms with van der Waals surface area (Å²) in [5, 5.41) is 3.35. The normalized spacial score (nSPS) is 15.6. The molecule has 1 saturated heterocycles. The molecule has 0 radical (unpaired) electrons. The molecule has 1 heterocycles. The van der Waals surface area contributed by atoms with Crippen molar-refractivity contribution in [1.82, 2.24) is 5.32 Å². The molecule has 2 rings (SSSR count). The molecule has 1 aromatic rings. The fourth-order valence-corrected chi connectivity index (χ4v) is 1.94. The molecule has 1 aliphatic rings. The topological polar surface area (TPSA) is 24.5 Å². The zero-order chi connectivity index (χ0) is 11.9. The van der Waals surface area contributed by atoms with E-state index >= 15 is 0 Å². The van der Waals surface area contributed by atoms with Crippen molar-refractivity contribution in [3.63, 3.8) is 0 Å². The van der Waals surface area contributed by atoms with Crippen molar-refractivity contribution < 1.29 is 4.74 Å². The average molecular weight is 232 g/mol. The van der Waals surface area contributed by atoms with Crippen molar-refractivity contribution in [1.29, 1.82) is 0 Å². The number of benzene rings is 1. The van der Waals surface area contributed by atoms with Crippen LogP contribution >= 0.6 is 0 Å². The second-order valence-corrected chi connectivity index (χ2v) is 4.16. The van der Waals surface area contributed by atoms with E-state index in [1.54, 1.807) is 0 Å². The van der Waals surface area contributed by atoms with Gasteiger partial charge in [-0.15, -0.1) is 6.58 Å². The van der Waals surface area contributed by atoms with Crippen molar-refractivity contribution in [3.8, 4) is 5.75 Å². The maximum absolute atomic E-state index is 5.59. The van der Waals surface area contributed by atoms with Gasteiger partial charge < -0.3 is 15.0 Å². The minimum absolute atomic E-state index is 0.705. The van der Waals surface area contributed by atoms with Gasteiger partial charge in [0.1, 0.15) is 5.75 Å². The fraction of sp³-hybridized carbons (Fsp3) is 0.429. The number of piperazine rings is 1. The molecule has 0 atom stereocenters. The van der Waals surface area contributed by atoms with Crippen LogP contribution in [-0.4, -0.2) is 32.8 Å². The lowest BCUT2D eigenvalue weighted by molar-refractivity contribution is 0.325. The van der Waals surface area contributed by atoms with Gasteiger partial charge >= 0.3 is 0 Å². The van der Waals surface area contributed by atoms with Crippen LogP contribution in [0.15, 0.2) is 36.9 Å². The molecule has 17 heavy (non-hydrogen) atoms. The van der Waals surface area contributed by atoms with Gasteiger partial charge in [0.2, 0.25) is 0 Å². The summed E-state index contributed by atoms with van der Waals surface area (Å²) in [7, 11) is 0. The van der Waals surface area contributed by atoms with E-state index in [1.807, 2.05) is 18.2 Å². The number of hydrogen-bond acceptors (Lipinski definition) is 3. The smallest absolute Gasteiger partial charge is 0.119 e. The van der Waals surface area contributed by atoms with Crippen LogP contribution in [-0.2, 0) is 0 Å². The molecule has 0 spiro atoms. The fourth-order valence-electron chi connectivity index (χ4n) is 1.94. The van der Waals surface area contributed by atoms with Gasteiger partial charge in [0.15, 0.2) is 0 Å². The van der Waals surface area contributed by atoms with Gasteiger partial charge in [0, 0.05) is 31.9 Å². The molecule has 0 aliphatic carbocycles. The number of rotatable bonds is 5. The number of ether oxygens (including phenoxy) is 1. The van der Waals surface area contributed by atoms with Crippen LogP contribution in [0.3, 0.4) is 0 Å². The predicted molar refractivity (Wildman–Crippen MR) is 71.8 cm³/mol. The number of nitrogens with one attached hydrogen (secondary N) is 1. The molecular weight excluding hydrogens is 212 g/mol. The second kappa shape index (κ2) is 6.30. The quantitative estimate of drug-likeness (QED) is 0.621. The van der Waals surface area contributed by atoms with Gasteiger partial charge in [-0.05, 0) is 30.7 Å². The molecule has 1 aliphatic heterocycles. The molecule has 92 valence electrons. The molecule has 3 nitrogen and oxygen atoms in total. The lowest BCUT2D eigenvalue weighted by Gasteiger charge is -2.29. The van der Waals surface area contributed by atoms with E-state index in [2.05, 4.69) is 28.9 Å². The average Bonchev–Trinajstić information content (AvgIpc) is 2.41. The van der Waals surface area contributed by atoms with E-state index in [0.717, 1.165) is 38.3 Å². The minimum Gasteiger partial charge on any atom is -0.493 e. The highest BCUT2D eigenvalue weighted by Crippen LogP contribution is 2.19. The zero-order valence-corrected chi connectivity index (χ0v) is 10.2. The van der Waals surface area contributed by atoms with Crippen LogP contribution in [0.4, 0.5) is 5.69 Å². The summed E-state index contributed by atoms with van der Waals surface area (Å²) in [6, 6.07) is 8.35. The largest absolute Gasteiger partial charge is 0.493 e. The van der Waals surface area contributed by atoms with E-state index in [1.165, 1.54) is 5.69 Å². The Morgan fingerprint density at radius 2 is 1.94 bits per heavy atom. The molecular formula is C14H20N2O. The first-order chi connectivity index (χ1) is 8.40. The first-order valence-corrected chi connectivity index (χ1v) is 6.19. The lowest BCUT2D eigenvalue weighted by Crippen LogP contribution is -2.43. The number of anilines is 1. The molecule has 3 heteroatoms. The summed E-state index contributed by atoms with van der Waals surface area (Å²) in [5.74, 6) is 0.936. The Morgan fingerprint density at radius 1 is 1.24 bits per heavy atom. The molecule has 0 bridgehead atoms. The third-order valence-electron chi connectivity index (χ3n) is 2.91.